The molecular formula is C12H19N5. The Kier molecular flexibility index (Phi) is 2.84. The fourth-order valence-electron chi connectivity index (χ4n) is 2.61. The maximum Gasteiger partial charge on any atom is 0.227 e. The Hall–Kier alpha value is -1.36. The van der Waals surface area contributed by atoms with Crippen LogP contribution >= 0.6 is 0 Å². The van der Waals surface area contributed by atoms with Gasteiger partial charge < -0.3 is 16.0 Å². The number of nitrogen functional groups attached to an aromatic ring is 1. The van der Waals surface area contributed by atoms with Crippen molar-refractivity contribution in [1.82, 2.24) is 15.3 Å². The molecule has 1 fully saturated rings. The van der Waals surface area contributed by atoms with E-state index >= 15 is 0 Å². The van der Waals surface area contributed by atoms with Crippen molar-refractivity contribution in [3.05, 3.63) is 11.3 Å². The fraction of sp³-hybridized carbons (Fsp3) is 0.667. The standard InChI is InChI=1S/C12H19N5/c13-11-9-4-5-14-8-10(9)15-12(16-11)17-6-2-1-3-7-17/h14H,1-8H2,(H2,13,15,16). The molecule has 3 N–H and O–H groups in total. The highest BCUT2D eigenvalue weighted by Crippen LogP contribution is 2.22. The van der Waals surface area contributed by atoms with E-state index in [9.17, 15) is 0 Å². The third-order valence-corrected chi connectivity index (χ3v) is 3.60. The largest absolute Gasteiger partial charge is 0.383 e. The quantitative estimate of drug-likeness (QED) is 0.747. The highest BCUT2D eigenvalue weighted by molar-refractivity contribution is 5.49. The first-order chi connectivity index (χ1) is 8.34. The van der Waals surface area contributed by atoms with E-state index in [-0.39, 0.29) is 0 Å². The molecule has 3 rings (SSSR count). The number of rotatable bonds is 1. The minimum absolute atomic E-state index is 0.678. The first-order valence-corrected chi connectivity index (χ1v) is 6.45. The molecule has 1 aromatic heterocycles. The molecule has 0 aromatic carbocycles. The van der Waals surface area contributed by atoms with Crippen LogP contribution in [0.2, 0.25) is 0 Å². The Morgan fingerprint density at radius 1 is 1.12 bits per heavy atom. The minimum Gasteiger partial charge on any atom is -0.383 e. The molecule has 17 heavy (non-hydrogen) atoms. The monoisotopic (exact) mass is 233 g/mol. The van der Waals surface area contributed by atoms with Gasteiger partial charge in [-0.3, -0.25) is 0 Å². The van der Waals surface area contributed by atoms with Gasteiger partial charge in [-0.1, -0.05) is 0 Å². The normalized spacial score (nSPS) is 20.1. The van der Waals surface area contributed by atoms with Crippen LogP contribution in [0, 0.1) is 0 Å². The van der Waals surface area contributed by atoms with Gasteiger partial charge in [0.15, 0.2) is 0 Å². The molecule has 0 spiro atoms. The number of hydrogen-bond donors (Lipinski definition) is 2. The lowest BCUT2D eigenvalue weighted by molar-refractivity contribution is 0.562. The van der Waals surface area contributed by atoms with E-state index in [1.165, 1.54) is 19.3 Å². The molecule has 1 saturated heterocycles. The first-order valence-electron chi connectivity index (χ1n) is 6.45. The Morgan fingerprint density at radius 3 is 2.76 bits per heavy atom. The molecule has 0 amide bonds. The van der Waals surface area contributed by atoms with Gasteiger partial charge in [-0.05, 0) is 32.2 Å². The molecule has 0 bridgehead atoms. The van der Waals surface area contributed by atoms with E-state index in [4.69, 9.17) is 5.73 Å². The summed E-state index contributed by atoms with van der Waals surface area (Å²) in [5.41, 5.74) is 8.27. The molecule has 0 aliphatic carbocycles. The molecule has 3 heterocycles. The number of nitrogens with one attached hydrogen (secondary N) is 1. The summed E-state index contributed by atoms with van der Waals surface area (Å²) in [6.07, 6.45) is 4.73. The van der Waals surface area contributed by atoms with Gasteiger partial charge in [-0.2, -0.15) is 4.98 Å². The van der Waals surface area contributed by atoms with E-state index in [1.807, 2.05) is 0 Å². The van der Waals surface area contributed by atoms with Crippen LogP contribution < -0.4 is 16.0 Å². The van der Waals surface area contributed by atoms with Gasteiger partial charge in [-0.25, -0.2) is 4.98 Å². The van der Waals surface area contributed by atoms with E-state index in [0.29, 0.717) is 5.82 Å². The Bertz CT molecular complexity index is 412. The Labute approximate surface area is 101 Å². The highest BCUT2D eigenvalue weighted by Gasteiger charge is 2.19. The van der Waals surface area contributed by atoms with Crippen LogP contribution in [-0.2, 0) is 13.0 Å². The third kappa shape index (κ3) is 2.07. The molecule has 2 aliphatic rings. The van der Waals surface area contributed by atoms with Crippen molar-refractivity contribution in [2.45, 2.75) is 32.2 Å². The Morgan fingerprint density at radius 2 is 1.94 bits per heavy atom. The summed E-state index contributed by atoms with van der Waals surface area (Å²) in [5.74, 6) is 1.50. The average Bonchev–Trinajstić information content (AvgIpc) is 2.40. The average molecular weight is 233 g/mol. The second kappa shape index (κ2) is 4.49. The number of anilines is 2. The number of fused-ring (bicyclic) bond motifs is 1. The van der Waals surface area contributed by atoms with Crippen molar-refractivity contribution in [3.63, 3.8) is 0 Å². The van der Waals surface area contributed by atoms with Crippen molar-refractivity contribution in [2.75, 3.05) is 30.3 Å². The topological polar surface area (TPSA) is 67.1 Å². The Balaban J connectivity index is 1.92. The smallest absolute Gasteiger partial charge is 0.227 e. The summed E-state index contributed by atoms with van der Waals surface area (Å²) in [4.78, 5) is 11.4. The zero-order chi connectivity index (χ0) is 11.7. The highest BCUT2D eigenvalue weighted by atomic mass is 15.3. The predicted octanol–water partition coefficient (Wildman–Crippen LogP) is 0.695. The molecule has 0 atom stereocenters. The van der Waals surface area contributed by atoms with Crippen molar-refractivity contribution < 1.29 is 0 Å². The number of nitrogens with zero attached hydrogens (tertiary/aromatic N) is 3. The molecule has 1 aromatic rings. The van der Waals surface area contributed by atoms with Crippen LogP contribution in [0.15, 0.2) is 0 Å². The van der Waals surface area contributed by atoms with Crippen LogP contribution in [0.25, 0.3) is 0 Å². The molecule has 5 heteroatoms. The summed E-state index contributed by atoms with van der Waals surface area (Å²) in [6.45, 7) is 3.92. The third-order valence-electron chi connectivity index (χ3n) is 3.60. The van der Waals surface area contributed by atoms with Crippen LogP contribution in [0.5, 0.6) is 0 Å². The van der Waals surface area contributed by atoms with Gasteiger partial charge in [0.1, 0.15) is 5.82 Å². The van der Waals surface area contributed by atoms with E-state index < -0.39 is 0 Å². The van der Waals surface area contributed by atoms with Crippen molar-refractivity contribution in [2.24, 2.45) is 0 Å². The fourth-order valence-corrected chi connectivity index (χ4v) is 2.61. The van der Waals surface area contributed by atoms with Crippen molar-refractivity contribution >= 4 is 11.8 Å². The molecule has 2 aliphatic heterocycles. The van der Waals surface area contributed by atoms with E-state index in [2.05, 4.69) is 20.2 Å². The molecule has 92 valence electrons. The van der Waals surface area contributed by atoms with E-state index in [0.717, 1.165) is 49.8 Å². The maximum atomic E-state index is 6.04. The maximum absolute atomic E-state index is 6.04. The second-order valence-electron chi connectivity index (χ2n) is 4.81. The second-order valence-corrected chi connectivity index (χ2v) is 4.81. The molecular weight excluding hydrogens is 214 g/mol. The zero-order valence-electron chi connectivity index (χ0n) is 10.1. The molecule has 5 nitrogen and oxygen atoms in total. The number of nitrogens with two attached hydrogens (primary N) is 1. The van der Waals surface area contributed by atoms with Crippen LogP contribution in [-0.4, -0.2) is 29.6 Å². The van der Waals surface area contributed by atoms with Gasteiger partial charge in [-0.15, -0.1) is 0 Å². The molecule has 0 unspecified atom stereocenters. The van der Waals surface area contributed by atoms with Gasteiger partial charge in [0, 0.05) is 25.2 Å². The van der Waals surface area contributed by atoms with Gasteiger partial charge in [0.25, 0.3) is 0 Å². The lowest BCUT2D eigenvalue weighted by atomic mass is 10.1. The van der Waals surface area contributed by atoms with E-state index in [1.54, 1.807) is 0 Å². The summed E-state index contributed by atoms with van der Waals surface area (Å²) in [6, 6.07) is 0. The zero-order valence-corrected chi connectivity index (χ0v) is 10.1. The number of piperidine rings is 1. The van der Waals surface area contributed by atoms with Crippen LogP contribution in [0.1, 0.15) is 30.5 Å². The first kappa shape index (κ1) is 10.8. The van der Waals surface area contributed by atoms with Crippen LogP contribution in [0.4, 0.5) is 11.8 Å². The lowest BCUT2D eigenvalue weighted by Gasteiger charge is -2.28. The minimum atomic E-state index is 0.678. The summed E-state index contributed by atoms with van der Waals surface area (Å²) < 4.78 is 0. The predicted molar refractivity (Wildman–Crippen MR) is 67.9 cm³/mol. The summed E-state index contributed by atoms with van der Waals surface area (Å²) >= 11 is 0. The number of aromatic nitrogens is 2. The summed E-state index contributed by atoms with van der Waals surface area (Å²) in [5, 5.41) is 3.33. The van der Waals surface area contributed by atoms with Crippen molar-refractivity contribution in [3.8, 4) is 0 Å². The van der Waals surface area contributed by atoms with Gasteiger partial charge in [0.2, 0.25) is 5.95 Å². The lowest BCUT2D eigenvalue weighted by Crippen LogP contribution is -2.33. The van der Waals surface area contributed by atoms with Gasteiger partial charge in [0.05, 0.1) is 5.69 Å². The molecule has 0 radical (unpaired) electrons. The SMILES string of the molecule is Nc1nc(N2CCCCC2)nc2c1CCNC2. The summed E-state index contributed by atoms with van der Waals surface area (Å²) in [7, 11) is 0. The van der Waals surface area contributed by atoms with Crippen LogP contribution in [0.3, 0.4) is 0 Å². The van der Waals surface area contributed by atoms with Gasteiger partial charge >= 0.3 is 0 Å². The molecule has 0 saturated carbocycles. The van der Waals surface area contributed by atoms with Crippen molar-refractivity contribution in [1.29, 1.82) is 0 Å². The number of hydrogen-bond acceptors (Lipinski definition) is 5.